The molecule has 1 aliphatic heterocycles. The van der Waals surface area contributed by atoms with Gasteiger partial charge in [-0.1, -0.05) is 24.3 Å². The molecule has 3 rings (SSSR count). The first-order valence-corrected chi connectivity index (χ1v) is 8.86. The Morgan fingerprint density at radius 3 is 2.19 bits per heavy atom. The van der Waals surface area contributed by atoms with Crippen molar-refractivity contribution >= 4 is 11.4 Å². The largest absolute Gasteiger partial charge is 0.357 e. The number of carbonyl (C=O) groups excluding carboxylic acids is 1. The highest BCUT2D eigenvalue weighted by Crippen LogP contribution is 2.42. The molecule has 3 heteroatoms. The van der Waals surface area contributed by atoms with E-state index in [-0.39, 0.29) is 11.6 Å². The smallest absolute Gasteiger partial charge is 0.194 e. The van der Waals surface area contributed by atoms with E-state index in [1.54, 1.807) is 6.07 Å². The molecule has 2 aromatic carbocycles. The van der Waals surface area contributed by atoms with E-state index >= 15 is 0 Å². The number of hydrogen-bond acceptors (Lipinski definition) is 2. The third-order valence-electron chi connectivity index (χ3n) is 5.23. The van der Waals surface area contributed by atoms with Crippen molar-refractivity contribution in [3.63, 3.8) is 0 Å². The molecule has 0 aliphatic carbocycles. The van der Waals surface area contributed by atoms with E-state index in [1.165, 1.54) is 12.1 Å². The van der Waals surface area contributed by atoms with Crippen molar-refractivity contribution in [2.75, 3.05) is 0 Å². The van der Waals surface area contributed by atoms with Gasteiger partial charge in [0.1, 0.15) is 11.4 Å². The minimum atomic E-state index is -0.889. The van der Waals surface area contributed by atoms with Crippen LogP contribution < -0.4 is 0 Å². The van der Waals surface area contributed by atoms with E-state index in [1.807, 2.05) is 65.8 Å². The molecule has 0 amide bonds. The summed E-state index contributed by atoms with van der Waals surface area (Å²) in [6, 6.07) is 12.4. The highest BCUT2D eigenvalue weighted by atomic mass is 19.1. The second-order valence-corrected chi connectivity index (χ2v) is 7.99. The summed E-state index contributed by atoms with van der Waals surface area (Å²) >= 11 is 0. The Bertz CT molecular complexity index is 920. The fourth-order valence-electron chi connectivity index (χ4n) is 3.60. The Labute approximate surface area is 154 Å². The van der Waals surface area contributed by atoms with Crippen LogP contribution in [-0.2, 0) is 9.53 Å². The molecule has 0 unspecified atom stereocenters. The zero-order chi connectivity index (χ0) is 19.3. The van der Waals surface area contributed by atoms with Gasteiger partial charge in [0, 0.05) is 5.57 Å². The van der Waals surface area contributed by atoms with Crippen LogP contribution in [0.25, 0.3) is 16.7 Å². The van der Waals surface area contributed by atoms with Gasteiger partial charge in [-0.25, -0.2) is 4.39 Å². The predicted octanol–water partition coefficient (Wildman–Crippen LogP) is 5.73. The first-order valence-electron chi connectivity index (χ1n) is 8.86. The molecular weight excluding hydrogens is 327 g/mol. The van der Waals surface area contributed by atoms with E-state index in [9.17, 15) is 9.18 Å². The molecule has 0 atom stereocenters. The lowest BCUT2D eigenvalue weighted by molar-refractivity contribution is -0.152. The summed E-state index contributed by atoms with van der Waals surface area (Å²) in [5.74, 6) is -0.293. The Kier molecular flexibility index (Phi) is 4.40. The molecular formula is C23H25FO2. The maximum Gasteiger partial charge on any atom is 0.194 e. The molecule has 2 nitrogen and oxygen atoms in total. The molecule has 0 saturated heterocycles. The quantitative estimate of drug-likeness (QED) is 0.690. The normalized spacial score (nSPS) is 19.0. The van der Waals surface area contributed by atoms with E-state index in [0.717, 1.165) is 27.8 Å². The van der Waals surface area contributed by atoms with Crippen LogP contribution in [0.5, 0.6) is 0 Å². The highest BCUT2D eigenvalue weighted by Gasteiger charge is 2.45. The van der Waals surface area contributed by atoms with E-state index in [0.29, 0.717) is 5.57 Å². The van der Waals surface area contributed by atoms with E-state index < -0.39 is 11.2 Å². The zero-order valence-corrected chi connectivity index (χ0v) is 16.2. The van der Waals surface area contributed by atoms with Gasteiger partial charge < -0.3 is 4.74 Å². The number of hydrogen-bond donors (Lipinski definition) is 0. The van der Waals surface area contributed by atoms with Crippen LogP contribution in [0.4, 0.5) is 4.39 Å². The first kappa shape index (κ1) is 18.5. The SMILES string of the molecule is CC1=C(c2cc(-c3cccc(F)c3)ccc2C)C(=O)C(C)(C)OC1(C)C. The lowest BCUT2D eigenvalue weighted by atomic mass is 9.78. The van der Waals surface area contributed by atoms with Gasteiger partial charge in [-0.3, -0.25) is 4.79 Å². The second kappa shape index (κ2) is 6.17. The molecule has 0 bridgehead atoms. The molecule has 0 aromatic heterocycles. The minimum absolute atomic E-state index is 0.0196. The summed E-state index contributed by atoms with van der Waals surface area (Å²) in [4.78, 5) is 13.2. The number of ether oxygens (including phenoxy) is 1. The van der Waals surface area contributed by atoms with Crippen molar-refractivity contribution in [3.05, 3.63) is 65.0 Å². The van der Waals surface area contributed by atoms with Crippen molar-refractivity contribution in [2.24, 2.45) is 0 Å². The van der Waals surface area contributed by atoms with Crippen molar-refractivity contribution in [3.8, 4) is 11.1 Å². The third-order valence-corrected chi connectivity index (χ3v) is 5.23. The lowest BCUT2D eigenvalue weighted by Crippen LogP contribution is -2.49. The van der Waals surface area contributed by atoms with Crippen LogP contribution in [0, 0.1) is 12.7 Å². The van der Waals surface area contributed by atoms with Gasteiger partial charge in [0.05, 0.1) is 5.60 Å². The van der Waals surface area contributed by atoms with Crippen molar-refractivity contribution in [2.45, 2.75) is 52.7 Å². The average molecular weight is 352 g/mol. The molecule has 2 aromatic rings. The van der Waals surface area contributed by atoms with Crippen LogP contribution >= 0.6 is 0 Å². The Morgan fingerprint density at radius 2 is 1.54 bits per heavy atom. The number of benzene rings is 2. The van der Waals surface area contributed by atoms with E-state index in [2.05, 4.69) is 0 Å². The first-order chi connectivity index (χ1) is 12.0. The van der Waals surface area contributed by atoms with Crippen molar-refractivity contribution < 1.29 is 13.9 Å². The number of halogens is 1. The van der Waals surface area contributed by atoms with Crippen LogP contribution in [0.15, 0.2) is 48.0 Å². The van der Waals surface area contributed by atoms with Crippen LogP contribution in [0.2, 0.25) is 0 Å². The lowest BCUT2D eigenvalue weighted by Gasteiger charge is -2.42. The maximum absolute atomic E-state index is 13.6. The maximum atomic E-state index is 13.6. The molecule has 1 heterocycles. The van der Waals surface area contributed by atoms with Crippen LogP contribution in [0.3, 0.4) is 0 Å². The van der Waals surface area contributed by atoms with E-state index in [4.69, 9.17) is 4.74 Å². The molecule has 0 spiro atoms. The fraction of sp³-hybridized carbons (Fsp3) is 0.348. The third kappa shape index (κ3) is 3.12. The number of carbonyl (C=O) groups is 1. The molecule has 136 valence electrons. The van der Waals surface area contributed by atoms with Gasteiger partial charge in [-0.15, -0.1) is 0 Å². The minimum Gasteiger partial charge on any atom is -0.357 e. The summed E-state index contributed by atoms with van der Waals surface area (Å²) in [5.41, 5.74) is 3.79. The van der Waals surface area contributed by atoms with Crippen LogP contribution in [-0.4, -0.2) is 17.0 Å². The molecule has 1 aliphatic rings. The summed E-state index contributed by atoms with van der Waals surface area (Å²) in [5, 5.41) is 0. The Hall–Kier alpha value is -2.26. The van der Waals surface area contributed by atoms with Crippen LogP contribution in [0.1, 0.15) is 45.7 Å². The Balaban J connectivity index is 2.23. The Morgan fingerprint density at radius 1 is 0.885 bits per heavy atom. The fourth-order valence-corrected chi connectivity index (χ4v) is 3.60. The van der Waals surface area contributed by atoms with Crippen molar-refractivity contribution in [1.29, 1.82) is 0 Å². The number of rotatable bonds is 2. The molecule has 0 fully saturated rings. The summed E-state index contributed by atoms with van der Waals surface area (Å²) in [6.07, 6.45) is 0. The molecule has 0 saturated carbocycles. The summed E-state index contributed by atoms with van der Waals surface area (Å²) in [7, 11) is 0. The topological polar surface area (TPSA) is 26.3 Å². The average Bonchev–Trinajstić information content (AvgIpc) is 2.54. The number of aryl methyl sites for hydroxylation is 1. The molecule has 0 N–H and O–H groups in total. The van der Waals surface area contributed by atoms with Gasteiger partial charge in [-0.05, 0) is 87.6 Å². The number of ketones is 1. The summed E-state index contributed by atoms with van der Waals surface area (Å²) in [6.45, 7) is 11.6. The summed E-state index contributed by atoms with van der Waals surface area (Å²) < 4.78 is 19.7. The van der Waals surface area contributed by atoms with Crippen molar-refractivity contribution in [1.82, 2.24) is 0 Å². The molecule has 0 radical (unpaired) electrons. The van der Waals surface area contributed by atoms with Gasteiger partial charge >= 0.3 is 0 Å². The van der Waals surface area contributed by atoms with Gasteiger partial charge in [-0.2, -0.15) is 0 Å². The predicted molar refractivity (Wildman–Crippen MR) is 103 cm³/mol. The monoisotopic (exact) mass is 352 g/mol. The standard InChI is InChI=1S/C23H25FO2/c1-14-10-11-17(16-8-7-9-18(24)12-16)13-19(14)20-15(2)22(3,4)26-23(5,6)21(20)25/h7-13H,1-6H3. The van der Waals surface area contributed by atoms with Gasteiger partial charge in [0.2, 0.25) is 0 Å². The second-order valence-electron chi connectivity index (χ2n) is 7.99. The number of Topliss-reactive ketones (excluding diaryl/α,β-unsaturated/α-hetero) is 1. The molecule has 26 heavy (non-hydrogen) atoms. The highest BCUT2D eigenvalue weighted by molar-refractivity contribution is 6.26. The van der Waals surface area contributed by atoms with Gasteiger partial charge in [0.15, 0.2) is 5.78 Å². The zero-order valence-electron chi connectivity index (χ0n) is 16.2. The van der Waals surface area contributed by atoms with Gasteiger partial charge in [0.25, 0.3) is 0 Å².